The largest absolute Gasteiger partial charge is 0.469 e. The molecule has 0 amide bonds. The minimum Gasteiger partial charge on any atom is -0.469 e. The molecule has 0 unspecified atom stereocenters. The highest BCUT2D eigenvalue weighted by molar-refractivity contribution is 5.14. The molecule has 1 aromatic heterocycles. The molecule has 0 atom stereocenters. The Kier molecular flexibility index (Phi) is 6.88. The molecule has 2 N–H and O–H groups in total. The lowest BCUT2D eigenvalue weighted by atomic mass is 10.2. The van der Waals surface area contributed by atoms with Gasteiger partial charge in [-0.25, -0.2) is 0 Å². The first-order valence-corrected chi connectivity index (χ1v) is 5.78. The van der Waals surface area contributed by atoms with Gasteiger partial charge in [-0.1, -0.05) is 0 Å². The zero-order valence-electron chi connectivity index (χ0n) is 10.2. The first-order valence-electron chi connectivity index (χ1n) is 5.78. The van der Waals surface area contributed by atoms with Gasteiger partial charge < -0.3 is 19.8 Å². The zero-order valence-corrected chi connectivity index (χ0v) is 10.2. The second-order valence-corrected chi connectivity index (χ2v) is 3.78. The van der Waals surface area contributed by atoms with Crippen LogP contribution in [0.2, 0.25) is 0 Å². The molecular formula is C12H22N2O2. The van der Waals surface area contributed by atoms with E-state index < -0.39 is 0 Å². The van der Waals surface area contributed by atoms with Crippen LogP contribution in [0, 0.1) is 6.92 Å². The summed E-state index contributed by atoms with van der Waals surface area (Å²) in [6.07, 6.45) is 2.86. The highest BCUT2D eigenvalue weighted by Crippen LogP contribution is 2.07. The number of rotatable bonds is 9. The van der Waals surface area contributed by atoms with Crippen molar-refractivity contribution in [2.75, 3.05) is 33.4 Å². The molecule has 0 spiro atoms. The third-order valence-corrected chi connectivity index (χ3v) is 2.47. The van der Waals surface area contributed by atoms with Crippen molar-refractivity contribution in [2.45, 2.75) is 19.9 Å². The summed E-state index contributed by atoms with van der Waals surface area (Å²) >= 11 is 0. The number of methoxy groups -OCH3 is 1. The van der Waals surface area contributed by atoms with Gasteiger partial charge in [0.1, 0.15) is 5.76 Å². The second-order valence-electron chi connectivity index (χ2n) is 3.78. The number of hydrogen-bond donors (Lipinski definition) is 2. The van der Waals surface area contributed by atoms with Crippen LogP contribution in [-0.4, -0.2) is 33.4 Å². The molecule has 0 saturated heterocycles. The van der Waals surface area contributed by atoms with Crippen LogP contribution in [0.25, 0.3) is 0 Å². The van der Waals surface area contributed by atoms with Gasteiger partial charge in [0.15, 0.2) is 0 Å². The van der Waals surface area contributed by atoms with Crippen molar-refractivity contribution < 1.29 is 9.15 Å². The molecule has 1 aromatic rings. The van der Waals surface area contributed by atoms with Gasteiger partial charge in [-0.3, -0.25) is 0 Å². The molecule has 0 aromatic carbocycles. The Morgan fingerprint density at radius 1 is 1.25 bits per heavy atom. The third-order valence-electron chi connectivity index (χ3n) is 2.47. The Morgan fingerprint density at radius 3 is 2.75 bits per heavy atom. The maximum Gasteiger partial charge on any atom is 0.105 e. The predicted molar refractivity (Wildman–Crippen MR) is 64.5 cm³/mol. The van der Waals surface area contributed by atoms with Crippen LogP contribution in [0.5, 0.6) is 0 Å². The number of nitrogens with one attached hydrogen (secondary N) is 2. The fraction of sp³-hybridized carbons (Fsp3) is 0.667. The Balaban J connectivity index is 1.91. The topological polar surface area (TPSA) is 46.4 Å². The predicted octanol–water partition coefficient (Wildman–Crippen LogP) is 1.30. The normalized spacial score (nSPS) is 10.9. The highest BCUT2D eigenvalue weighted by atomic mass is 16.5. The van der Waals surface area contributed by atoms with Crippen LogP contribution < -0.4 is 10.6 Å². The summed E-state index contributed by atoms with van der Waals surface area (Å²) in [4.78, 5) is 0. The van der Waals surface area contributed by atoms with E-state index in [-0.39, 0.29) is 0 Å². The number of furan rings is 1. The molecule has 0 aliphatic rings. The molecule has 92 valence electrons. The van der Waals surface area contributed by atoms with E-state index in [2.05, 4.69) is 10.6 Å². The van der Waals surface area contributed by atoms with E-state index in [0.29, 0.717) is 0 Å². The number of ether oxygens (including phenoxy) is 1. The number of aryl methyl sites for hydroxylation is 1. The van der Waals surface area contributed by atoms with Gasteiger partial charge in [0.25, 0.3) is 0 Å². The van der Waals surface area contributed by atoms with Crippen molar-refractivity contribution in [1.29, 1.82) is 0 Å². The lowest BCUT2D eigenvalue weighted by Gasteiger charge is -2.05. The molecule has 0 aliphatic carbocycles. The van der Waals surface area contributed by atoms with E-state index in [0.717, 1.165) is 45.0 Å². The fourth-order valence-electron chi connectivity index (χ4n) is 1.46. The molecule has 0 aliphatic heterocycles. The Labute approximate surface area is 97.4 Å². The molecule has 0 saturated carbocycles. The maximum absolute atomic E-state index is 5.22. The lowest BCUT2D eigenvalue weighted by Crippen LogP contribution is -2.24. The Hall–Kier alpha value is -0.840. The molecule has 1 heterocycles. The second kappa shape index (κ2) is 8.33. The van der Waals surface area contributed by atoms with Crippen LogP contribution in [0.3, 0.4) is 0 Å². The summed E-state index contributed by atoms with van der Waals surface area (Å²) in [6, 6.07) is 2.01. The van der Waals surface area contributed by atoms with Gasteiger partial charge in [0.2, 0.25) is 0 Å². The van der Waals surface area contributed by atoms with Crippen molar-refractivity contribution in [3.05, 3.63) is 23.7 Å². The highest BCUT2D eigenvalue weighted by Gasteiger charge is 1.99. The van der Waals surface area contributed by atoms with E-state index in [9.17, 15) is 0 Å². The average Bonchev–Trinajstić information content (AvgIpc) is 2.68. The summed E-state index contributed by atoms with van der Waals surface area (Å²) in [6.45, 7) is 6.63. The summed E-state index contributed by atoms with van der Waals surface area (Å²) in [7, 11) is 1.72. The molecule has 4 heteroatoms. The zero-order chi connectivity index (χ0) is 11.6. The number of hydrogen-bond acceptors (Lipinski definition) is 4. The van der Waals surface area contributed by atoms with Gasteiger partial charge in [0.05, 0.1) is 12.9 Å². The van der Waals surface area contributed by atoms with E-state index in [1.165, 1.54) is 5.56 Å². The van der Waals surface area contributed by atoms with Gasteiger partial charge >= 0.3 is 0 Å². The van der Waals surface area contributed by atoms with Crippen LogP contribution in [-0.2, 0) is 11.3 Å². The molecule has 16 heavy (non-hydrogen) atoms. The van der Waals surface area contributed by atoms with Crippen molar-refractivity contribution >= 4 is 0 Å². The van der Waals surface area contributed by atoms with Crippen molar-refractivity contribution in [3.63, 3.8) is 0 Å². The van der Waals surface area contributed by atoms with Crippen LogP contribution in [0.1, 0.15) is 17.7 Å². The average molecular weight is 226 g/mol. The smallest absolute Gasteiger partial charge is 0.105 e. The van der Waals surface area contributed by atoms with Gasteiger partial charge in [-0.15, -0.1) is 0 Å². The van der Waals surface area contributed by atoms with Crippen LogP contribution >= 0.6 is 0 Å². The molecule has 1 rings (SSSR count). The minimum absolute atomic E-state index is 0.779. The van der Waals surface area contributed by atoms with Crippen LogP contribution in [0.15, 0.2) is 16.7 Å². The molecular weight excluding hydrogens is 204 g/mol. The summed E-state index contributed by atoms with van der Waals surface area (Å²) < 4.78 is 10.2. The first-order chi connectivity index (χ1) is 7.84. The monoisotopic (exact) mass is 226 g/mol. The summed E-state index contributed by atoms with van der Waals surface area (Å²) in [5.74, 6) is 1.01. The van der Waals surface area contributed by atoms with Crippen molar-refractivity contribution in [2.24, 2.45) is 0 Å². The van der Waals surface area contributed by atoms with E-state index >= 15 is 0 Å². The van der Waals surface area contributed by atoms with E-state index in [1.807, 2.05) is 13.0 Å². The third kappa shape index (κ3) is 5.30. The molecule has 0 radical (unpaired) electrons. The van der Waals surface area contributed by atoms with Crippen molar-refractivity contribution in [1.82, 2.24) is 10.6 Å². The van der Waals surface area contributed by atoms with Gasteiger partial charge in [-0.05, 0) is 32.5 Å². The molecule has 0 fully saturated rings. The minimum atomic E-state index is 0.779. The van der Waals surface area contributed by atoms with E-state index in [4.69, 9.17) is 9.15 Å². The van der Waals surface area contributed by atoms with Gasteiger partial charge in [0, 0.05) is 25.8 Å². The summed E-state index contributed by atoms with van der Waals surface area (Å²) in [5.41, 5.74) is 1.24. The Morgan fingerprint density at radius 2 is 2.06 bits per heavy atom. The summed E-state index contributed by atoms with van der Waals surface area (Å²) in [5, 5.41) is 6.70. The first kappa shape index (κ1) is 13.2. The van der Waals surface area contributed by atoms with Crippen LogP contribution in [0.4, 0.5) is 0 Å². The molecule has 0 bridgehead atoms. The molecule has 4 nitrogen and oxygen atoms in total. The quantitative estimate of drug-likeness (QED) is 0.623. The SMILES string of the molecule is COCCNCCCNCc1ccoc1C. The fourth-order valence-corrected chi connectivity index (χ4v) is 1.46. The van der Waals surface area contributed by atoms with Crippen molar-refractivity contribution in [3.8, 4) is 0 Å². The van der Waals surface area contributed by atoms with E-state index in [1.54, 1.807) is 13.4 Å². The lowest BCUT2D eigenvalue weighted by molar-refractivity contribution is 0.199. The standard InChI is InChI=1S/C12H22N2O2/c1-11-12(4-8-16-11)10-14-6-3-5-13-7-9-15-2/h4,8,13-14H,3,5-7,9-10H2,1-2H3. The Bertz CT molecular complexity index is 274. The maximum atomic E-state index is 5.22. The van der Waals surface area contributed by atoms with Gasteiger partial charge in [-0.2, -0.15) is 0 Å².